The molecule has 118 valence electrons. The van der Waals surface area contributed by atoms with E-state index < -0.39 is 33.8 Å². The minimum Gasteiger partial charge on any atom is -0.396 e. The van der Waals surface area contributed by atoms with Crippen molar-refractivity contribution in [2.24, 2.45) is 0 Å². The Morgan fingerprint density at radius 3 is 2.43 bits per heavy atom. The summed E-state index contributed by atoms with van der Waals surface area (Å²) in [5, 5.41) is 2.63. The van der Waals surface area contributed by atoms with Crippen LogP contribution in [-0.2, 0) is 14.8 Å². The van der Waals surface area contributed by atoms with E-state index in [4.69, 9.17) is 5.73 Å². The van der Waals surface area contributed by atoms with Gasteiger partial charge in [0.05, 0.1) is 17.1 Å². The van der Waals surface area contributed by atoms with Crippen molar-refractivity contribution in [3.63, 3.8) is 0 Å². The van der Waals surface area contributed by atoms with Gasteiger partial charge in [-0.2, -0.15) is 0 Å². The molecule has 0 aliphatic rings. The lowest BCUT2D eigenvalue weighted by Gasteiger charge is -2.20. The molecule has 6 nitrogen and oxygen atoms in total. The molecule has 1 amide bonds. The number of hydrogen-bond acceptors (Lipinski definition) is 4. The molecule has 0 saturated carbocycles. The summed E-state index contributed by atoms with van der Waals surface area (Å²) in [6, 6.07) is 2.08. The van der Waals surface area contributed by atoms with Gasteiger partial charge < -0.3 is 11.1 Å². The third-order valence-corrected chi connectivity index (χ3v) is 4.06. The van der Waals surface area contributed by atoms with Gasteiger partial charge in [-0.1, -0.05) is 0 Å². The molecule has 1 rings (SSSR count). The number of nitrogen functional groups attached to an aromatic ring is 1. The van der Waals surface area contributed by atoms with Gasteiger partial charge in [-0.05, 0) is 45.4 Å². The van der Waals surface area contributed by atoms with E-state index in [9.17, 15) is 17.6 Å². The number of halogens is 1. The van der Waals surface area contributed by atoms with Gasteiger partial charge in [-0.15, -0.1) is 0 Å². The predicted octanol–water partition coefficient (Wildman–Crippen LogP) is 0.909. The van der Waals surface area contributed by atoms with Crippen molar-refractivity contribution in [3.05, 3.63) is 23.5 Å². The number of nitrogens with two attached hydrogens (primary N) is 1. The third kappa shape index (κ3) is 4.98. The van der Waals surface area contributed by atoms with Crippen LogP contribution in [0, 0.1) is 12.7 Å². The van der Waals surface area contributed by atoms with Crippen LogP contribution in [-0.4, -0.2) is 26.4 Å². The van der Waals surface area contributed by atoms with Gasteiger partial charge >= 0.3 is 0 Å². The summed E-state index contributed by atoms with van der Waals surface area (Å²) in [5.41, 5.74) is 4.87. The number of hydrogen-bond donors (Lipinski definition) is 3. The topological polar surface area (TPSA) is 101 Å². The van der Waals surface area contributed by atoms with Crippen LogP contribution in [0.25, 0.3) is 0 Å². The molecule has 0 aromatic heterocycles. The molecular formula is C13H20FN3O3S. The van der Waals surface area contributed by atoms with Gasteiger partial charge in [0, 0.05) is 5.54 Å². The molecule has 4 N–H and O–H groups in total. The molecule has 1 aromatic rings. The maximum atomic E-state index is 13.2. The number of carbonyl (C=O) groups excluding carboxylic acids is 1. The first-order valence-electron chi connectivity index (χ1n) is 6.29. The lowest BCUT2D eigenvalue weighted by Crippen LogP contribution is -2.45. The number of sulfonamides is 1. The van der Waals surface area contributed by atoms with Gasteiger partial charge in [0.25, 0.3) is 0 Å². The largest absolute Gasteiger partial charge is 0.396 e. The zero-order valence-electron chi connectivity index (χ0n) is 12.5. The Labute approximate surface area is 124 Å². The predicted molar refractivity (Wildman–Crippen MR) is 78.6 cm³/mol. The fourth-order valence-electron chi connectivity index (χ4n) is 1.66. The normalized spacial score (nSPS) is 12.2. The summed E-state index contributed by atoms with van der Waals surface area (Å²) in [4.78, 5) is 11.5. The highest BCUT2D eigenvalue weighted by molar-refractivity contribution is 7.89. The summed E-state index contributed by atoms with van der Waals surface area (Å²) >= 11 is 0. The Bertz CT molecular complexity index is 651. The maximum Gasteiger partial charge on any atom is 0.241 e. The average molecular weight is 317 g/mol. The van der Waals surface area contributed by atoms with E-state index in [1.165, 1.54) is 6.92 Å². The third-order valence-electron chi connectivity index (χ3n) is 2.52. The van der Waals surface area contributed by atoms with Crippen LogP contribution in [0.2, 0.25) is 0 Å². The van der Waals surface area contributed by atoms with Crippen LogP contribution in [0.1, 0.15) is 26.3 Å². The summed E-state index contributed by atoms with van der Waals surface area (Å²) in [5.74, 6) is -1.14. The van der Waals surface area contributed by atoms with Crippen LogP contribution < -0.4 is 15.8 Å². The van der Waals surface area contributed by atoms with Crippen molar-refractivity contribution in [2.45, 2.75) is 38.1 Å². The molecule has 8 heteroatoms. The van der Waals surface area contributed by atoms with Gasteiger partial charge in [-0.25, -0.2) is 17.5 Å². The molecule has 0 heterocycles. The molecule has 0 fully saturated rings. The first-order valence-corrected chi connectivity index (χ1v) is 7.77. The minimum absolute atomic E-state index is 0.148. The molecule has 21 heavy (non-hydrogen) atoms. The summed E-state index contributed by atoms with van der Waals surface area (Å²) < 4.78 is 39.6. The molecule has 0 spiro atoms. The fraction of sp³-hybridized carbons (Fsp3) is 0.462. The standard InChI is InChI=1S/C13H20FN3O3S/c1-8-5-9(14)10(15)6-11(8)21(19,20)16-7-12(18)17-13(2,3)4/h5-6,16H,7,15H2,1-4H3,(H,17,18). The Morgan fingerprint density at radius 2 is 1.90 bits per heavy atom. The first kappa shape index (κ1) is 17.4. The van der Waals surface area contributed by atoms with E-state index in [0.717, 1.165) is 12.1 Å². The number of benzene rings is 1. The van der Waals surface area contributed by atoms with Gasteiger partial charge in [0.1, 0.15) is 5.82 Å². The second kappa shape index (κ2) is 5.98. The van der Waals surface area contributed by atoms with Crippen molar-refractivity contribution in [1.82, 2.24) is 10.0 Å². The molecule has 0 bridgehead atoms. The highest BCUT2D eigenvalue weighted by Gasteiger charge is 2.21. The van der Waals surface area contributed by atoms with E-state index in [1.807, 2.05) is 0 Å². The Balaban J connectivity index is 2.88. The summed E-state index contributed by atoms with van der Waals surface area (Å²) in [6.07, 6.45) is 0. The number of carbonyl (C=O) groups is 1. The van der Waals surface area contributed by atoms with Crippen LogP contribution in [0.4, 0.5) is 10.1 Å². The zero-order chi connectivity index (χ0) is 16.4. The molecule has 0 saturated heterocycles. The quantitative estimate of drug-likeness (QED) is 0.718. The van der Waals surface area contributed by atoms with Crippen LogP contribution >= 0.6 is 0 Å². The number of aryl methyl sites for hydroxylation is 1. The second-order valence-corrected chi connectivity index (χ2v) is 7.50. The second-order valence-electron chi connectivity index (χ2n) is 5.76. The van der Waals surface area contributed by atoms with Gasteiger partial charge in [0.2, 0.25) is 15.9 Å². The maximum absolute atomic E-state index is 13.2. The van der Waals surface area contributed by atoms with Crippen molar-refractivity contribution in [3.8, 4) is 0 Å². The highest BCUT2D eigenvalue weighted by atomic mass is 32.2. The molecular weight excluding hydrogens is 297 g/mol. The first-order chi connectivity index (χ1) is 9.42. The number of rotatable bonds is 4. The summed E-state index contributed by atoms with van der Waals surface area (Å²) in [6.45, 7) is 6.39. The van der Waals surface area contributed by atoms with Crippen molar-refractivity contribution in [2.75, 3.05) is 12.3 Å². The minimum atomic E-state index is -3.94. The van der Waals surface area contributed by atoms with E-state index >= 15 is 0 Å². The van der Waals surface area contributed by atoms with Gasteiger partial charge in [-0.3, -0.25) is 4.79 Å². The van der Waals surface area contributed by atoms with E-state index in [0.29, 0.717) is 0 Å². The van der Waals surface area contributed by atoms with E-state index in [-0.39, 0.29) is 16.1 Å². The lowest BCUT2D eigenvalue weighted by atomic mass is 10.1. The molecule has 0 atom stereocenters. The van der Waals surface area contributed by atoms with Crippen LogP contribution in [0.3, 0.4) is 0 Å². The average Bonchev–Trinajstić information content (AvgIpc) is 2.29. The smallest absolute Gasteiger partial charge is 0.241 e. The molecule has 0 aliphatic carbocycles. The van der Waals surface area contributed by atoms with Crippen LogP contribution in [0.15, 0.2) is 17.0 Å². The number of amides is 1. The number of nitrogens with one attached hydrogen (secondary N) is 2. The fourth-order valence-corrected chi connectivity index (χ4v) is 2.90. The molecule has 0 aliphatic heterocycles. The van der Waals surface area contributed by atoms with Crippen LogP contribution in [0.5, 0.6) is 0 Å². The van der Waals surface area contributed by atoms with Crippen molar-refractivity contribution < 1.29 is 17.6 Å². The number of anilines is 1. The Kier molecular flexibility index (Phi) is 4.95. The van der Waals surface area contributed by atoms with Crippen molar-refractivity contribution >= 4 is 21.6 Å². The van der Waals surface area contributed by atoms with Gasteiger partial charge in [0.15, 0.2) is 0 Å². The van der Waals surface area contributed by atoms with E-state index in [1.54, 1.807) is 20.8 Å². The van der Waals surface area contributed by atoms with Crippen molar-refractivity contribution in [1.29, 1.82) is 0 Å². The zero-order valence-corrected chi connectivity index (χ0v) is 13.3. The molecule has 0 unspecified atom stereocenters. The SMILES string of the molecule is Cc1cc(F)c(N)cc1S(=O)(=O)NCC(=O)NC(C)(C)C. The Hall–Kier alpha value is -1.67. The summed E-state index contributed by atoms with van der Waals surface area (Å²) in [7, 11) is -3.94. The highest BCUT2D eigenvalue weighted by Crippen LogP contribution is 2.21. The lowest BCUT2D eigenvalue weighted by molar-refractivity contribution is -0.121. The van der Waals surface area contributed by atoms with E-state index in [2.05, 4.69) is 10.0 Å². The molecule has 1 aromatic carbocycles. The molecule has 0 radical (unpaired) electrons. The Morgan fingerprint density at radius 1 is 1.33 bits per heavy atom. The monoisotopic (exact) mass is 317 g/mol.